The molecule has 0 atom stereocenters. The van der Waals surface area contributed by atoms with Crippen molar-refractivity contribution in [3.63, 3.8) is 0 Å². The van der Waals surface area contributed by atoms with Crippen LogP contribution in [0.3, 0.4) is 0 Å². The number of H-pyrrole nitrogens is 1. The van der Waals surface area contributed by atoms with Crippen molar-refractivity contribution >= 4 is 22.7 Å². The van der Waals surface area contributed by atoms with Crippen LogP contribution in [-0.4, -0.2) is 10.7 Å². The minimum atomic E-state index is 0.316. The van der Waals surface area contributed by atoms with E-state index in [1.807, 2.05) is 17.8 Å². The van der Waals surface area contributed by atoms with Crippen LogP contribution >= 0.6 is 11.8 Å². The van der Waals surface area contributed by atoms with Crippen molar-refractivity contribution in [2.45, 2.75) is 24.3 Å². The highest BCUT2D eigenvalue weighted by molar-refractivity contribution is 7.99. The molecule has 3 heteroatoms. The second-order valence-electron chi connectivity index (χ2n) is 4.84. The normalized spacial score (nSPS) is 16.9. The van der Waals surface area contributed by atoms with Gasteiger partial charge in [-0.2, -0.15) is 5.26 Å². The van der Waals surface area contributed by atoms with Gasteiger partial charge in [-0.15, -0.1) is 11.8 Å². The van der Waals surface area contributed by atoms with Gasteiger partial charge in [-0.05, 0) is 30.4 Å². The number of aromatic amines is 1. The molecule has 1 aliphatic rings. The maximum atomic E-state index is 8.79. The predicted octanol–water partition coefficient (Wildman–Crippen LogP) is 3.95. The molecular formula is C14H14N2S. The van der Waals surface area contributed by atoms with E-state index in [9.17, 15) is 0 Å². The van der Waals surface area contributed by atoms with Gasteiger partial charge in [0.25, 0.3) is 0 Å². The fraction of sp³-hybridized carbons (Fsp3) is 0.357. The molecule has 1 heterocycles. The smallest absolute Gasteiger partial charge is 0.0732 e. The van der Waals surface area contributed by atoms with Crippen LogP contribution in [0.25, 0.3) is 10.9 Å². The molecule has 0 saturated heterocycles. The van der Waals surface area contributed by atoms with Crippen LogP contribution in [0.1, 0.15) is 19.3 Å². The molecule has 0 aliphatic heterocycles. The maximum Gasteiger partial charge on any atom is 0.0732 e. The van der Waals surface area contributed by atoms with Gasteiger partial charge in [0.1, 0.15) is 0 Å². The fourth-order valence-electron chi connectivity index (χ4n) is 2.07. The summed E-state index contributed by atoms with van der Waals surface area (Å²) in [6.45, 7) is 0. The van der Waals surface area contributed by atoms with Crippen LogP contribution in [0.15, 0.2) is 35.4 Å². The minimum Gasteiger partial charge on any atom is -0.350 e. The molecule has 0 unspecified atom stereocenters. The second kappa shape index (κ2) is 4.12. The van der Waals surface area contributed by atoms with Crippen LogP contribution in [0.4, 0.5) is 0 Å². The molecule has 2 nitrogen and oxygen atoms in total. The van der Waals surface area contributed by atoms with Crippen LogP contribution < -0.4 is 0 Å². The molecule has 17 heavy (non-hydrogen) atoms. The summed E-state index contributed by atoms with van der Waals surface area (Å²) in [5, 5.41) is 11.3. The SMILES string of the molecule is N#CCC1(CSc2cc3ccccc3[nH]2)CC1. The Balaban J connectivity index is 1.71. The Labute approximate surface area is 105 Å². The highest BCUT2D eigenvalue weighted by Crippen LogP contribution is 2.51. The van der Waals surface area contributed by atoms with Crippen molar-refractivity contribution < 1.29 is 0 Å². The quantitative estimate of drug-likeness (QED) is 0.824. The van der Waals surface area contributed by atoms with Gasteiger partial charge in [-0.1, -0.05) is 18.2 Å². The zero-order valence-corrected chi connectivity index (χ0v) is 10.4. The topological polar surface area (TPSA) is 39.6 Å². The van der Waals surface area contributed by atoms with Crippen molar-refractivity contribution in [2.75, 3.05) is 5.75 Å². The van der Waals surface area contributed by atoms with Crippen molar-refractivity contribution in [3.05, 3.63) is 30.3 Å². The highest BCUT2D eigenvalue weighted by atomic mass is 32.2. The Morgan fingerprint density at radius 1 is 1.35 bits per heavy atom. The largest absolute Gasteiger partial charge is 0.350 e. The van der Waals surface area contributed by atoms with Gasteiger partial charge in [0.15, 0.2) is 0 Å². The van der Waals surface area contributed by atoms with E-state index >= 15 is 0 Å². The van der Waals surface area contributed by atoms with Crippen molar-refractivity contribution in [2.24, 2.45) is 5.41 Å². The third-order valence-electron chi connectivity index (χ3n) is 3.45. The molecule has 3 rings (SSSR count). The first-order valence-electron chi connectivity index (χ1n) is 5.89. The Hall–Kier alpha value is -1.40. The number of nitriles is 1. The van der Waals surface area contributed by atoms with E-state index in [2.05, 4.69) is 35.3 Å². The lowest BCUT2D eigenvalue weighted by Crippen LogP contribution is -2.02. The number of thioether (sulfide) groups is 1. The number of benzene rings is 1. The Kier molecular flexibility index (Phi) is 2.60. The van der Waals surface area contributed by atoms with Gasteiger partial charge < -0.3 is 4.98 Å². The standard InChI is InChI=1S/C14H14N2S/c15-8-7-14(5-6-14)10-17-13-9-11-3-1-2-4-12(11)16-13/h1-4,9,16H,5-7,10H2. The number of fused-ring (bicyclic) bond motifs is 1. The third kappa shape index (κ3) is 2.18. The molecule has 0 radical (unpaired) electrons. The van der Waals surface area contributed by atoms with Crippen molar-refractivity contribution in [1.29, 1.82) is 5.26 Å². The summed E-state index contributed by atoms with van der Waals surface area (Å²) in [5.74, 6) is 1.06. The highest BCUT2D eigenvalue weighted by Gasteiger charge is 2.42. The fourth-order valence-corrected chi connectivity index (χ4v) is 3.32. The molecule has 0 amide bonds. The van der Waals surface area contributed by atoms with Gasteiger partial charge >= 0.3 is 0 Å². The lowest BCUT2D eigenvalue weighted by atomic mass is 10.1. The van der Waals surface area contributed by atoms with E-state index in [1.54, 1.807) is 0 Å². The molecular weight excluding hydrogens is 228 g/mol. The van der Waals surface area contributed by atoms with Gasteiger partial charge in [-0.25, -0.2) is 0 Å². The summed E-state index contributed by atoms with van der Waals surface area (Å²) in [6, 6.07) is 12.8. The summed E-state index contributed by atoms with van der Waals surface area (Å²) in [7, 11) is 0. The second-order valence-corrected chi connectivity index (χ2v) is 5.86. The first kappa shape index (κ1) is 10.7. The average molecular weight is 242 g/mol. The number of hydrogen-bond donors (Lipinski definition) is 1. The minimum absolute atomic E-state index is 0.316. The van der Waals surface area contributed by atoms with E-state index in [-0.39, 0.29) is 0 Å². The van der Waals surface area contributed by atoms with Gasteiger partial charge in [0.2, 0.25) is 0 Å². The molecule has 1 aromatic carbocycles. The van der Waals surface area contributed by atoms with Crippen LogP contribution in [-0.2, 0) is 0 Å². The number of rotatable bonds is 4. The number of aromatic nitrogens is 1. The average Bonchev–Trinajstić information content (AvgIpc) is 2.98. The van der Waals surface area contributed by atoms with E-state index in [0.717, 1.165) is 5.75 Å². The summed E-state index contributed by atoms with van der Waals surface area (Å²) >= 11 is 1.85. The predicted molar refractivity (Wildman–Crippen MR) is 70.9 cm³/mol. The van der Waals surface area contributed by atoms with Crippen LogP contribution in [0.5, 0.6) is 0 Å². The van der Waals surface area contributed by atoms with Crippen LogP contribution in [0, 0.1) is 16.7 Å². The summed E-state index contributed by atoms with van der Waals surface area (Å²) < 4.78 is 0. The van der Waals surface area contributed by atoms with Crippen LogP contribution in [0.2, 0.25) is 0 Å². The zero-order chi connectivity index (χ0) is 11.7. The molecule has 2 aromatic rings. The lowest BCUT2D eigenvalue weighted by Gasteiger charge is -2.08. The molecule has 1 aromatic heterocycles. The van der Waals surface area contributed by atoms with E-state index in [4.69, 9.17) is 5.26 Å². The summed E-state index contributed by atoms with van der Waals surface area (Å²) in [4.78, 5) is 3.42. The van der Waals surface area contributed by atoms with Crippen molar-refractivity contribution in [1.82, 2.24) is 4.98 Å². The molecule has 1 fully saturated rings. The zero-order valence-electron chi connectivity index (χ0n) is 9.57. The monoisotopic (exact) mass is 242 g/mol. The first-order valence-corrected chi connectivity index (χ1v) is 6.87. The number of nitrogens with zero attached hydrogens (tertiary/aromatic N) is 1. The Morgan fingerprint density at radius 2 is 2.18 bits per heavy atom. The third-order valence-corrected chi connectivity index (χ3v) is 4.74. The molecule has 1 aliphatic carbocycles. The number of hydrogen-bond acceptors (Lipinski definition) is 2. The van der Waals surface area contributed by atoms with Crippen molar-refractivity contribution in [3.8, 4) is 6.07 Å². The Bertz CT molecular complexity index is 542. The summed E-state index contributed by atoms with van der Waals surface area (Å²) in [6.07, 6.45) is 3.14. The first-order chi connectivity index (χ1) is 8.31. The summed E-state index contributed by atoms with van der Waals surface area (Å²) in [5.41, 5.74) is 1.51. The maximum absolute atomic E-state index is 8.79. The number of para-hydroxylation sites is 1. The Morgan fingerprint density at radius 3 is 2.88 bits per heavy atom. The lowest BCUT2D eigenvalue weighted by molar-refractivity contribution is 0.604. The van der Waals surface area contributed by atoms with E-state index < -0.39 is 0 Å². The molecule has 1 saturated carbocycles. The molecule has 1 N–H and O–H groups in total. The molecule has 0 spiro atoms. The van der Waals surface area contributed by atoms with E-state index in [1.165, 1.54) is 28.8 Å². The van der Waals surface area contributed by atoms with E-state index in [0.29, 0.717) is 11.8 Å². The van der Waals surface area contributed by atoms with Gasteiger partial charge in [0.05, 0.1) is 11.1 Å². The van der Waals surface area contributed by atoms with Gasteiger partial charge in [-0.3, -0.25) is 0 Å². The van der Waals surface area contributed by atoms with Gasteiger partial charge in [0, 0.05) is 23.1 Å². The number of nitrogens with one attached hydrogen (secondary N) is 1. The molecule has 86 valence electrons. The molecule has 0 bridgehead atoms.